The Balaban J connectivity index is 1.47. The molecule has 4 rings (SSSR count). The number of hydrogen-bond acceptors (Lipinski definition) is 4. The van der Waals surface area contributed by atoms with Gasteiger partial charge in [-0.1, -0.05) is 17.7 Å². The van der Waals surface area contributed by atoms with Crippen molar-refractivity contribution >= 4 is 16.9 Å². The van der Waals surface area contributed by atoms with Crippen molar-refractivity contribution < 1.29 is 9.53 Å². The number of benzene rings is 1. The number of nitrogens with zero attached hydrogens (tertiary/aromatic N) is 3. The fourth-order valence-electron chi connectivity index (χ4n) is 4.42. The molecule has 1 saturated heterocycles. The first-order valence-electron chi connectivity index (χ1n) is 11.1. The fraction of sp³-hybridized carbons (Fsp3) is 0.440. The lowest BCUT2D eigenvalue weighted by Gasteiger charge is -2.32. The quantitative estimate of drug-likeness (QED) is 0.625. The molecule has 1 atom stereocenters. The average Bonchev–Trinajstić information content (AvgIpc) is 3.13. The van der Waals surface area contributed by atoms with Crippen LogP contribution in [0.3, 0.4) is 0 Å². The number of amides is 1. The van der Waals surface area contributed by atoms with E-state index in [-0.39, 0.29) is 5.91 Å². The van der Waals surface area contributed by atoms with E-state index in [2.05, 4.69) is 47.0 Å². The van der Waals surface area contributed by atoms with E-state index >= 15 is 0 Å². The summed E-state index contributed by atoms with van der Waals surface area (Å²) in [6.45, 7) is 7.65. The zero-order valence-corrected chi connectivity index (χ0v) is 18.7. The lowest BCUT2D eigenvalue weighted by Crippen LogP contribution is -2.38. The summed E-state index contributed by atoms with van der Waals surface area (Å²) < 4.78 is 5.92. The summed E-state index contributed by atoms with van der Waals surface area (Å²) in [5.74, 6) is 1.38. The molecule has 6 heteroatoms. The van der Waals surface area contributed by atoms with Crippen LogP contribution in [0.15, 0.2) is 42.6 Å². The molecule has 164 valence electrons. The summed E-state index contributed by atoms with van der Waals surface area (Å²) in [6, 6.07) is 12.3. The Bertz CT molecular complexity index is 1030. The molecule has 3 aromatic rings. The van der Waals surface area contributed by atoms with E-state index in [1.54, 1.807) is 6.92 Å². The van der Waals surface area contributed by atoms with Gasteiger partial charge in [-0.25, -0.2) is 4.98 Å². The lowest BCUT2D eigenvalue weighted by atomic mass is 9.91. The van der Waals surface area contributed by atoms with Crippen molar-refractivity contribution in [2.24, 2.45) is 0 Å². The zero-order valence-electron chi connectivity index (χ0n) is 18.7. The number of aromatic amines is 1. The number of hydrogen-bond donors (Lipinski definition) is 1. The van der Waals surface area contributed by atoms with Gasteiger partial charge in [0.2, 0.25) is 5.91 Å². The van der Waals surface area contributed by atoms with Crippen LogP contribution < -0.4 is 4.74 Å². The van der Waals surface area contributed by atoms with Gasteiger partial charge in [-0.2, -0.15) is 0 Å². The Kier molecular flexibility index (Phi) is 6.56. The molecule has 1 aromatic carbocycles. The number of nitrogens with one attached hydrogen (secondary N) is 1. The van der Waals surface area contributed by atoms with Gasteiger partial charge in [-0.15, -0.1) is 0 Å². The van der Waals surface area contributed by atoms with Gasteiger partial charge in [-0.3, -0.25) is 9.69 Å². The molecular weight excluding hydrogens is 388 g/mol. The Morgan fingerprint density at radius 1 is 1.29 bits per heavy atom. The van der Waals surface area contributed by atoms with E-state index in [0.29, 0.717) is 12.5 Å². The lowest BCUT2D eigenvalue weighted by molar-refractivity contribution is -0.130. The largest absolute Gasteiger partial charge is 0.492 e. The molecule has 31 heavy (non-hydrogen) atoms. The second-order valence-electron chi connectivity index (χ2n) is 8.62. The molecule has 1 amide bonds. The molecule has 0 aliphatic carbocycles. The van der Waals surface area contributed by atoms with Crippen molar-refractivity contribution in [2.45, 2.75) is 39.2 Å². The van der Waals surface area contributed by atoms with Gasteiger partial charge >= 0.3 is 0 Å². The number of carbonyl (C=O) groups excluding carboxylic acids is 1. The van der Waals surface area contributed by atoms with Gasteiger partial charge in [0, 0.05) is 56.3 Å². The first kappa shape index (κ1) is 21.4. The van der Waals surface area contributed by atoms with Crippen molar-refractivity contribution in [3.63, 3.8) is 0 Å². The standard InChI is InChI=1S/C25H32N4O2/c1-18-8-10-21(11-9-18)31-15-14-28(3)17-23-22-7-4-12-26-25(22)27-24(23)20-6-5-13-29(16-20)19(2)30/h4,7-12,20H,5-6,13-17H2,1-3H3,(H,26,27). The third-order valence-corrected chi connectivity index (χ3v) is 6.18. The van der Waals surface area contributed by atoms with Gasteiger partial charge in [-0.05, 0) is 56.6 Å². The second-order valence-corrected chi connectivity index (χ2v) is 8.62. The molecule has 0 saturated carbocycles. The molecule has 1 unspecified atom stereocenters. The van der Waals surface area contributed by atoms with Crippen LogP contribution in [0.4, 0.5) is 0 Å². The van der Waals surface area contributed by atoms with Crippen molar-refractivity contribution in [2.75, 3.05) is 33.3 Å². The monoisotopic (exact) mass is 420 g/mol. The fourth-order valence-corrected chi connectivity index (χ4v) is 4.42. The predicted octanol–water partition coefficient (Wildman–Crippen LogP) is 4.11. The minimum atomic E-state index is 0.158. The first-order valence-corrected chi connectivity index (χ1v) is 11.1. The maximum atomic E-state index is 11.9. The number of H-pyrrole nitrogens is 1. The van der Waals surface area contributed by atoms with Crippen molar-refractivity contribution in [3.8, 4) is 5.75 Å². The van der Waals surface area contributed by atoms with Crippen LogP contribution >= 0.6 is 0 Å². The van der Waals surface area contributed by atoms with Gasteiger partial charge in [0.1, 0.15) is 18.0 Å². The summed E-state index contributed by atoms with van der Waals surface area (Å²) in [7, 11) is 2.13. The molecule has 1 aliphatic rings. The summed E-state index contributed by atoms with van der Waals surface area (Å²) in [4.78, 5) is 24.3. The number of aryl methyl sites for hydroxylation is 1. The second kappa shape index (κ2) is 9.52. The van der Waals surface area contributed by atoms with Crippen LogP contribution in [0, 0.1) is 6.92 Å². The number of likely N-dealkylation sites (N-methyl/N-ethyl adjacent to an activating group) is 1. The number of fused-ring (bicyclic) bond motifs is 1. The maximum Gasteiger partial charge on any atom is 0.219 e. The van der Waals surface area contributed by atoms with Crippen LogP contribution in [-0.4, -0.2) is 59.0 Å². The van der Waals surface area contributed by atoms with Gasteiger partial charge in [0.25, 0.3) is 0 Å². The van der Waals surface area contributed by atoms with E-state index < -0.39 is 0 Å². The Morgan fingerprint density at radius 3 is 2.87 bits per heavy atom. The van der Waals surface area contributed by atoms with Crippen molar-refractivity contribution in [3.05, 3.63) is 59.4 Å². The number of rotatable bonds is 7. The zero-order chi connectivity index (χ0) is 21.8. The summed E-state index contributed by atoms with van der Waals surface area (Å²) >= 11 is 0. The molecule has 3 heterocycles. The molecule has 0 bridgehead atoms. The van der Waals surface area contributed by atoms with E-state index in [1.807, 2.05) is 29.3 Å². The van der Waals surface area contributed by atoms with Crippen LogP contribution in [0.1, 0.15) is 42.5 Å². The number of aromatic nitrogens is 2. The maximum absolute atomic E-state index is 11.9. The smallest absolute Gasteiger partial charge is 0.219 e. The molecule has 2 aromatic heterocycles. The summed E-state index contributed by atoms with van der Waals surface area (Å²) in [5, 5.41) is 1.17. The molecular formula is C25H32N4O2. The number of carbonyl (C=O) groups is 1. The average molecular weight is 421 g/mol. The molecule has 0 spiro atoms. The first-order chi connectivity index (χ1) is 15.0. The van der Waals surface area contributed by atoms with E-state index in [4.69, 9.17) is 4.74 Å². The van der Waals surface area contributed by atoms with Crippen LogP contribution in [0.25, 0.3) is 11.0 Å². The van der Waals surface area contributed by atoms with E-state index in [9.17, 15) is 4.79 Å². The van der Waals surface area contributed by atoms with Crippen LogP contribution in [0.2, 0.25) is 0 Å². The highest BCUT2D eigenvalue weighted by molar-refractivity contribution is 5.81. The predicted molar refractivity (Wildman–Crippen MR) is 123 cm³/mol. The molecule has 6 nitrogen and oxygen atoms in total. The molecule has 1 fully saturated rings. The molecule has 1 aliphatic heterocycles. The Hall–Kier alpha value is -2.86. The summed E-state index contributed by atoms with van der Waals surface area (Å²) in [6.07, 6.45) is 3.95. The highest BCUT2D eigenvalue weighted by atomic mass is 16.5. The number of likely N-dealkylation sites (tertiary alicyclic amines) is 1. The third kappa shape index (κ3) is 5.07. The highest BCUT2D eigenvalue weighted by Gasteiger charge is 2.27. The Morgan fingerprint density at radius 2 is 2.10 bits per heavy atom. The number of ether oxygens (including phenoxy) is 1. The topological polar surface area (TPSA) is 61.5 Å². The number of piperidine rings is 1. The SMILES string of the molecule is CC(=O)N1CCCC(c2[nH]c3ncccc3c2CN(C)CCOc2ccc(C)cc2)C1. The van der Waals surface area contributed by atoms with Crippen LogP contribution in [0.5, 0.6) is 5.75 Å². The summed E-state index contributed by atoms with van der Waals surface area (Å²) in [5.41, 5.74) is 4.68. The van der Waals surface area contributed by atoms with Gasteiger partial charge in [0.15, 0.2) is 0 Å². The highest BCUT2D eigenvalue weighted by Crippen LogP contribution is 2.33. The van der Waals surface area contributed by atoms with E-state index in [1.165, 1.54) is 22.2 Å². The normalized spacial score (nSPS) is 16.8. The van der Waals surface area contributed by atoms with Crippen molar-refractivity contribution in [1.82, 2.24) is 19.8 Å². The van der Waals surface area contributed by atoms with Crippen LogP contribution in [-0.2, 0) is 11.3 Å². The Labute approximate surface area is 184 Å². The molecule has 0 radical (unpaired) electrons. The third-order valence-electron chi connectivity index (χ3n) is 6.18. The van der Waals surface area contributed by atoms with Gasteiger partial charge < -0.3 is 14.6 Å². The molecule has 1 N–H and O–H groups in total. The number of pyridine rings is 1. The van der Waals surface area contributed by atoms with E-state index in [0.717, 1.165) is 50.4 Å². The minimum absolute atomic E-state index is 0.158. The minimum Gasteiger partial charge on any atom is -0.492 e. The van der Waals surface area contributed by atoms with Gasteiger partial charge in [0.05, 0.1) is 0 Å². The van der Waals surface area contributed by atoms with Crippen molar-refractivity contribution in [1.29, 1.82) is 0 Å².